The maximum atomic E-state index is 5.92. The monoisotopic (exact) mass is 380 g/mol. The first-order valence-corrected chi connectivity index (χ1v) is 9.36. The van der Waals surface area contributed by atoms with E-state index >= 15 is 0 Å². The zero-order valence-corrected chi connectivity index (χ0v) is 15.4. The van der Waals surface area contributed by atoms with E-state index in [2.05, 4.69) is 11.2 Å². The Morgan fingerprint density at radius 2 is 2.04 bits per heavy atom. The van der Waals surface area contributed by atoms with Gasteiger partial charge in [-0.3, -0.25) is 0 Å². The van der Waals surface area contributed by atoms with E-state index in [-0.39, 0.29) is 0 Å². The Kier molecular flexibility index (Phi) is 5.38. The van der Waals surface area contributed by atoms with Crippen molar-refractivity contribution in [3.63, 3.8) is 0 Å². The maximum absolute atomic E-state index is 5.92. The molecule has 3 aromatic rings. The predicted molar refractivity (Wildman–Crippen MR) is 99.8 cm³/mol. The standard InChI is InChI=1S/C16H13ClN2OS3/c1-20-14-4-2-3-11(9-14)10-22-15-18-19(16(21)23-15)13-7-5-12(17)6-8-13/h2-9H,10H2,1H3. The van der Waals surface area contributed by atoms with Crippen molar-refractivity contribution in [2.75, 3.05) is 7.11 Å². The van der Waals surface area contributed by atoms with Crippen molar-refractivity contribution in [1.82, 2.24) is 9.78 Å². The van der Waals surface area contributed by atoms with Crippen LogP contribution in [-0.4, -0.2) is 16.9 Å². The van der Waals surface area contributed by atoms with Crippen LogP contribution in [0, 0.1) is 3.95 Å². The van der Waals surface area contributed by atoms with Crippen LogP contribution < -0.4 is 4.74 Å². The molecule has 0 aliphatic rings. The van der Waals surface area contributed by atoms with Crippen molar-refractivity contribution in [1.29, 1.82) is 0 Å². The molecule has 0 spiro atoms. The van der Waals surface area contributed by atoms with Gasteiger partial charge < -0.3 is 4.74 Å². The van der Waals surface area contributed by atoms with Crippen molar-refractivity contribution in [2.45, 2.75) is 10.1 Å². The van der Waals surface area contributed by atoms with Crippen molar-refractivity contribution in [3.05, 3.63) is 63.1 Å². The van der Waals surface area contributed by atoms with Crippen molar-refractivity contribution in [3.8, 4) is 11.4 Å². The third kappa shape index (κ3) is 4.14. The molecule has 7 heteroatoms. The van der Waals surface area contributed by atoms with Crippen LogP contribution in [0.15, 0.2) is 52.9 Å². The average molecular weight is 381 g/mol. The van der Waals surface area contributed by atoms with Gasteiger partial charge in [0.05, 0.1) is 12.8 Å². The van der Waals surface area contributed by atoms with Crippen LogP contribution >= 0.6 is 46.9 Å². The Morgan fingerprint density at radius 3 is 2.78 bits per heavy atom. The van der Waals surface area contributed by atoms with E-state index in [1.165, 1.54) is 16.9 Å². The molecule has 0 fully saturated rings. The highest BCUT2D eigenvalue weighted by Crippen LogP contribution is 2.28. The molecule has 0 amide bonds. The molecular formula is C16H13ClN2OS3. The predicted octanol–water partition coefficient (Wildman–Crippen LogP) is 5.62. The number of aromatic nitrogens is 2. The normalized spacial score (nSPS) is 10.7. The number of hydrogen-bond donors (Lipinski definition) is 0. The van der Waals surface area contributed by atoms with Crippen molar-refractivity contribution < 1.29 is 4.74 Å². The van der Waals surface area contributed by atoms with E-state index in [1.807, 2.05) is 42.5 Å². The maximum Gasteiger partial charge on any atom is 0.184 e. The highest BCUT2D eigenvalue weighted by molar-refractivity contribution is 8.00. The summed E-state index contributed by atoms with van der Waals surface area (Å²) in [4.78, 5) is 0. The van der Waals surface area contributed by atoms with Gasteiger partial charge in [-0.25, -0.2) is 4.68 Å². The molecule has 3 nitrogen and oxygen atoms in total. The molecule has 3 rings (SSSR count). The molecule has 0 aliphatic carbocycles. The average Bonchev–Trinajstić information content (AvgIpc) is 2.95. The molecule has 0 unspecified atom stereocenters. The molecule has 23 heavy (non-hydrogen) atoms. The quantitative estimate of drug-likeness (QED) is 0.424. The molecule has 0 atom stereocenters. The van der Waals surface area contributed by atoms with Gasteiger partial charge in [-0.05, 0) is 54.2 Å². The van der Waals surface area contributed by atoms with Crippen LogP contribution in [0.1, 0.15) is 5.56 Å². The summed E-state index contributed by atoms with van der Waals surface area (Å²) in [7, 11) is 1.67. The van der Waals surface area contributed by atoms with E-state index in [0.717, 1.165) is 25.5 Å². The summed E-state index contributed by atoms with van der Waals surface area (Å²) in [5.74, 6) is 1.68. The van der Waals surface area contributed by atoms with Crippen LogP contribution in [0.5, 0.6) is 5.75 Å². The lowest BCUT2D eigenvalue weighted by atomic mass is 10.2. The van der Waals surface area contributed by atoms with Gasteiger partial charge in [-0.1, -0.05) is 46.8 Å². The lowest BCUT2D eigenvalue weighted by Gasteiger charge is -2.03. The molecule has 0 N–H and O–H groups in total. The topological polar surface area (TPSA) is 27.1 Å². The van der Waals surface area contributed by atoms with Gasteiger partial charge >= 0.3 is 0 Å². The first kappa shape index (κ1) is 16.5. The zero-order valence-electron chi connectivity index (χ0n) is 12.2. The Morgan fingerprint density at radius 1 is 1.26 bits per heavy atom. The second kappa shape index (κ2) is 7.49. The number of halogens is 1. The third-order valence-electron chi connectivity index (χ3n) is 3.10. The fraction of sp³-hybridized carbons (Fsp3) is 0.125. The van der Waals surface area contributed by atoms with Crippen LogP contribution in [0.2, 0.25) is 5.02 Å². The molecule has 0 bridgehead atoms. The van der Waals surface area contributed by atoms with Gasteiger partial charge in [0.25, 0.3) is 0 Å². The second-order valence-electron chi connectivity index (χ2n) is 4.66. The molecule has 1 aromatic heterocycles. The number of methoxy groups -OCH3 is 1. The van der Waals surface area contributed by atoms with Crippen LogP contribution in [-0.2, 0) is 5.75 Å². The van der Waals surface area contributed by atoms with Gasteiger partial charge in [0.2, 0.25) is 0 Å². The Labute approximate surface area is 152 Å². The molecular weight excluding hydrogens is 368 g/mol. The number of ether oxygens (including phenoxy) is 1. The van der Waals surface area contributed by atoms with Crippen LogP contribution in [0.4, 0.5) is 0 Å². The summed E-state index contributed by atoms with van der Waals surface area (Å²) in [5, 5.41) is 5.28. The minimum atomic E-state index is 0.697. The first-order valence-electron chi connectivity index (χ1n) is 6.77. The third-order valence-corrected chi connectivity index (χ3v) is 5.79. The minimum Gasteiger partial charge on any atom is -0.497 e. The number of rotatable bonds is 5. The number of benzene rings is 2. The summed E-state index contributed by atoms with van der Waals surface area (Å²) in [5.41, 5.74) is 2.11. The Hall–Kier alpha value is -1.34. The van der Waals surface area contributed by atoms with Gasteiger partial charge in [0.15, 0.2) is 8.29 Å². The van der Waals surface area contributed by atoms with Crippen molar-refractivity contribution >= 4 is 46.9 Å². The summed E-state index contributed by atoms with van der Waals surface area (Å²) < 4.78 is 8.67. The summed E-state index contributed by atoms with van der Waals surface area (Å²) in [6.07, 6.45) is 0. The smallest absolute Gasteiger partial charge is 0.184 e. The van der Waals surface area contributed by atoms with E-state index in [9.17, 15) is 0 Å². The molecule has 0 aliphatic heterocycles. The lowest BCUT2D eigenvalue weighted by Crippen LogP contribution is -1.95. The first-order chi connectivity index (χ1) is 11.2. The van der Waals surface area contributed by atoms with E-state index in [0.29, 0.717) is 5.02 Å². The van der Waals surface area contributed by atoms with Gasteiger partial charge in [-0.2, -0.15) is 0 Å². The second-order valence-corrected chi connectivity index (χ2v) is 7.94. The molecule has 0 saturated heterocycles. The summed E-state index contributed by atoms with van der Waals surface area (Å²) in [6.45, 7) is 0. The Balaban J connectivity index is 1.75. The molecule has 2 aromatic carbocycles. The highest BCUT2D eigenvalue weighted by atomic mass is 35.5. The van der Waals surface area contributed by atoms with Gasteiger partial charge in [0, 0.05) is 10.8 Å². The SMILES string of the molecule is COc1cccc(CSc2nn(-c3ccc(Cl)cc3)c(=S)s2)c1. The van der Waals surface area contributed by atoms with E-state index in [1.54, 1.807) is 23.6 Å². The summed E-state index contributed by atoms with van der Waals surface area (Å²) >= 11 is 14.5. The number of thioether (sulfide) groups is 1. The van der Waals surface area contributed by atoms with Gasteiger partial charge in [-0.15, -0.1) is 5.10 Å². The van der Waals surface area contributed by atoms with Crippen LogP contribution in [0.3, 0.4) is 0 Å². The van der Waals surface area contributed by atoms with E-state index in [4.69, 9.17) is 28.6 Å². The fourth-order valence-corrected chi connectivity index (χ4v) is 4.40. The van der Waals surface area contributed by atoms with Crippen LogP contribution in [0.25, 0.3) is 5.69 Å². The molecule has 1 heterocycles. The largest absolute Gasteiger partial charge is 0.497 e. The Bertz CT molecular complexity index is 858. The lowest BCUT2D eigenvalue weighted by molar-refractivity contribution is 0.414. The fourth-order valence-electron chi connectivity index (χ4n) is 1.97. The minimum absolute atomic E-state index is 0.697. The van der Waals surface area contributed by atoms with E-state index < -0.39 is 0 Å². The zero-order chi connectivity index (χ0) is 16.2. The van der Waals surface area contributed by atoms with Gasteiger partial charge in [0.1, 0.15) is 5.75 Å². The summed E-state index contributed by atoms with van der Waals surface area (Å²) in [6, 6.07) is 15.5. The molecule has 118 valence electrons. The number of hydrogen-bond acceptors (Lipinski definition) is 5. The highest BCUT2D eigenvalue weighted by Gasteiger charge is 2.07. The van der Waals surface area contributed by atoms with Crippen molar-refractivity contribution in [2.24, 2.45) is 0 Å². The molecule has 0 saturated carbocycles. The number of nitrogens with zero attached hydrogens (tertiary/aromatic N) is 2. The molecule has 0 radical (unpaired) electrons.